The van der Waals surface area contributed by atoms with Crippen LogP contribution in [0, 0.1) is 0 Å². The lowest BCUT2D eigenvalue weighted by Gasteiger charge is -2.05. The summed E-state index contributed by atoms with van der Waals surface area (Å²) >= 11 is 0. The quantitative estimate of drug-likeness (QED) is 0.744. The fourth-order valence-electron chi connectivity index (χ4n) is 0.912. The highest BCUT2D eigenvalue weighted by molar-refractivity contribution is 6.02. The molecule has 0 saturated heterocycles. The van der Waals surface area contributed by atoms with Crippen LogP contribution < -0.4 is 10.1 Å². The van der Waals surface area contributed by atoms with Gasteiger partial charge in [0.1, 0.15) is 5.75 Å². The number of hydrogen-bond acceptors (Lipinski definition) is 2. The minimum atomic E-state index is -0.171. The second kappa shape index (κ2) is 4.46. The molecule has 14 heavy (non-hydrogen) atoms. The Labute approximate surface area is 83.4 Å². The van der Waals surface area contributed by atoms with Crippen LogP contribution in [0.2, 0.25) is 0 Å². The molecular formula is C11H13NO2. The van der Waals surface area contributed by atoms with Crippen LogP contribution in [-0.4, -0.2) is 13.0 Å². The SMILES string of the molecule is C=C(C)C(=O)Nc1ccc(OC)cc1. The summed E-state index contributed by atoms with van der Waals surface area (Å²) in [6.07, 6.45) is 0. The molecule has 0 saturated carbocycles. The second-order valence-corrected chi connectivity index (χ2v) is 2.96. The molecule has 0 aliphatic rings. The number of nitrogens with one attached hydrogen (secondary N) is 1. The van der Waals surface area contributed by atoms with Gasteiger partial charge in [-0.05, 0) is 31.2 Å². The van der Waals surface area contributed by atoms with Gasteiger partial charge in [-0.3, -0.25) is 4.79 Å². The van der Waals surface area contributed by atoms with Gasteiger partial charge < -0.3 is 10.1 Å². The third kappa shape index (κ3) is 2.62. The summed E-state index contributed by atoms with van der Waals surface area (Å²) in [7, 11) is 1.60. The highest BCUT2D eigenvalue weighted by atomic mass is 16.5. The molecule has 3 heteroatoms. The number of methoxy groups -OCH3 is 1. The Kier molecular flexibility index (Phi) is 3.29. The molecule has 1 aromatic carbocycles. The predicted octanol–water partition coefficient (Wildman–Crippen LogP) is 2.21. The molecule has 3 nitrogen and oxygen atoms in total. The van der Waals surface area contributed by atoms with Crippen molar-refractivity contribution in [3.63, 3.8) is 0 Å². The van der Waals surface area contributed by atoms with Gasteiger partial charge in [0.05, 0.1) is 7.11 Å². The van der Waals surface area contributed by atoms with Crippen molar-refractivity contribution in [1.29, 1.82) is 0 Å². The smallest absolute Gasteiger partial charge is 0.250 e. The summed E-state index contributed by atoms with van der Waals surface area (Å²) < 4.78 is 4.99. The monoisotopic (exact) mass is 191 g/mol. The molecule has 0 atom stereocenters. The van der Waals surface area contributed by atoms with E-state index >= 15 is 0 Å². The highest BCUT2D eigenvalue weighted by Gasteiger charge is 2.01. The van der Waals surface area contributed by atoms with Crippen molar-refractivity contribution < 1.29 is 9.53 Å². The van der Waals surface area contributed by atoms with Crippen molar-refractivity contribution in [3.05, 3.63) is 36.4 Å². The number of rotatable bonds is 3. The minimum Gasteiger partial charge on any atom is -0.497 e. The van der Waals surface area contributed by atoms with Crippen LogP contribution in [0.15, 0.2) is 36.4 Å². The Balaban J connectivity index is 2.69. The van der Waals surface area contributed by atoms with E-state index in [1.807, 2.05) is 0 Å². The molecule has 1 N–H and O–H groups in total. The Morgan fingerprint density at radius 1 is 1.36 bits per heavy atom. The zero-order valence-corrected chi connectivity index (χ0v) is 8.33. The van der Waals surface area contributed by atoms with Gasteiger partial charge in [0.15, 0.2) is 0 Å². The fourth-order valence-corrected chi connectivity index (χ4v) is 0.912. The molecule has 0 radical (unpaired) electrons. The van der Waals surface area contributed by atoms with Gasteiger partial charge >= 0.3 is 0 Å². The minimum absolute atomic E-state index is 0.171. The summed E-state index contributed by atoms with van der Waals surface area (Å²) in [5, 5.41) is 2.70. The van der Waals surface area contributed by atoms with E-state index in [9.17, 15) is 4.79 Å². The summed E-state index contributed by atoms with van der Waals surface area (Å²) in [6.45, 7) is 5.21. The van der Waals surface area contributed by atoms with Crippen LogP contribution in [0.25, 0.3) is 0 Å². The van der Waals surface area contributed by atoms with Crippen molar-refractivity contribution in [3.8, 4) is 5.75 Å². The number of benzene rings is 1. The van der Waals surface area contributed by atoms with Crippen molar-refractivity contribution in [2.45, 2.75) is 6.92 Å². The third-order valence-corrected chi connectivity index (χ3v) is 1.74. The van der Waals surface area contributed by atoms with E-state index in [0.717, 1.165) is 11.4 Å². The Bertz CT molecular complexity index is 341. The number of amides is 1. The Hall–Kier alpha value is -1.77. The van der Waals surface area contributed by atoms with Gasteiger partial charge in [-0.2, -0.15) is 0 Å². The van der Waals surface area contributed by atoms with E-state index in [1.54, 1.807) is 38.3 Å². The lowest BCUT2D eigenvalue weighted by Crippen LogP contribution is -2.11. The van der Waals surface area contributed by atoms with Crippen LogP contribution in [0.5, 0.6) is 5.75 Å². The van der Waals surface area contributed by atoms with E-state index in [4.69, 9.17) is 4.74 Å². The summed E-state index contributed by atoms with van der Waals surface area (Å²) in [4.78, 5) is 11.2. The molecule has 74 valence electrons. The summed E-state index contributed by atoms with van der Waals surface area (Å²) in [6, 6.07) is 7.13. The van der Waals surface area contributed by atoms with Crippen molar-refractivity contribution >= 4 is 11.6 Å². The van der Waals surface area contributed by atoms with Crippen LogP contribution in [0.4, 0.5) is 5.69 Å². The van der Waals surface area contributed by atoms with E-state index < -0.39 is 0 Å². The third-order valence-electron chi connectivity index (χ3n) is 1.74. The molecule has 0 aromatic heterocycles. The maximum atomic E-state index is 11.2. The Morgan fingerprint density at radius 2 is 1.93 bits per heavy atom. The maximum Gasteiger partial charge on any atom is 0.250 e. The number of anilines is 1. The first-order chi connectivity index (χ1) is 6.63. The first-order valence-electron chi connectivity index (χ1n) is 4.24. The molecule has 0 bridgehead atoms. The molecule has 0 spiro atoms. The molecule has 0 heterocycles. The van der Waals surface area contributed by atoms with E-state index in [2.05, 4.69) is 11.9 Å². The molecule has 0 unspecified atom stereocenters. The maximum absolute atomic E-state index is 11.2. The van der Waals surface area contributed by atoms with E-state index in [0.29, 0.717) is 5.57 Å². The van der Waals surface area contributed by atoms with Crippen LogP contribution in [0.3, 0.4) is 0 Å². The Morgan fingerprint density at radius 3 is 2.36 bits per heavy atom. The van der Waals surface area contributed by atoms with E-state index in [1.165, 1.54) is 0 Å². The molecule has 0 fully saturated rings. The van der Waals surface area contributed by atoms with Crippen LogP contribution in [-0.2, 0) is 4.79 Å². The number of hydrogen-bond donors (Lipinski definition) is 1. The van der Waals surface area contributed by atoms with Crippen molar-refractivity contribution in [2.24, 2.45) is 0 Å². The van der Waals surface area contributed by atoms with Crippen LogP contribution in [0.1, 0.15) is 6.92 Å². The average Bonchev–Trinajstić information content (AvgIpc) is 2.19. The van der Waals surface area contributed by atoms with Gasteiger partial charge in [-0.25, -0.2) is 0 Å². The largest absolute Gasteiger partial charge is 0.497 e. The number of carbonyl (C=O) groups is 1. The topological polar surface area (TPSA) is 38.3 Å². The molecule has 1 aromatic rings. The highest BCUT2D eigenvalue weighted by Crippen LogP contribution is 2.15. The van der Waals surface area contributed by atoms with Gasteiger partial charge in [0, 0.05) is 11.3 Å². The van der Waals surface area contributed by atoms with Gasteiger partial charge in [-0.15, -0.1) is 0 Å². The first-order valence-corrected chi connectivity index (χ1v) is 4.24. The standard InChI is InChI=1S/C11H13NO2/c1-8(2)11(13)12-9-4-6-10(14-3)7-5-9/h4-7H,1H2,2-3H3,(H,12,13). The van der Waals surface area contributed by atoms with Gasteiger partial charge in [0.25, 0.3) is 5.91 Å². The normalized spacial score (nSPS) is 9.29. The summed E-state index contributed by atoms with van der Waals surface area (Å²) in [5.74, 6) is 0.591. The average molecular weight is 191 g/mol. The number of carbonyl (C=O) groups excluding carboxylic acids is 1. The fraction of sp³-hybridized carbons (Fsp3) is 0.182. The second-order valence-electron chi connectivity index (χ2n) is 2.96. The van der Waals surface area contributed by atoms with Crippen molar-refractivity contribution in [1.82, 2.24) is 0 Å². The first kappa shape index (κ1) is 10.3. The van der Waals surface area contributed by atoms with Gasteiger partial charge in [0.2, 0.25) is 0 Å². The molecular weight excluding hydrogens is 178 g/mol. The molecule has 1 rings (SSSR count). The molecule has 0 aliphatic carbocycles. The number of ether oxygens (including phenoxy) is 1. The molecule has 1 amide bonds. The van der Waals surface area contributed by atoms with Crippen LogP contribution >= 0.6 is 0 Å². The summed E-state index contributed by atoms with van der Waals surface area (Å²) in [5.41, 5.74) is 1.22. The molecule has 0 aliphatic heterocycles. The lowest BCUT2D eigenvalue weighted by atomic mass is 10.2. The van der Waals surface area contributed by atoms with E-state index in [-0.39, 0.29) is 5.91 Å². The zero-order valence-electron chi connectivity index (χ0n) is 8.33. The lowest BCUT2D eigenvalue weighted by molar-refractivity contribution is -0.112. The predicted molar refractivity (Wildman–Crippen MR) is 56.4 cm³/mol. The van der Waals surface area contributed by atoms with Crippen molar-refractivity contribution in [2.75, 3.05) is 12.4 Å². The zero-order chi connectivity index (χ0) is 10.6. The van der Waals surface area contributed by atoms with Gasteiger partial charge in [-0.1, -0.05) is 6.58 Å².